The molecule has 0 spiro atoms. The maximum absolute atomic E-state index is 12.0. The van der Waals surface area contributed by atoms with Crippen molar-refractivity contribution in [2.75, 3.05) is 13.6 Å². The summed E-state index contributed by atoms with van der Waals surface area (Å²) in [6.45, 7) is 4.61. The molecule has 96 valence electrons. The van der Waals surface area contributed by atoms with Gasteiger partial charge in [-0.05, 0) is 50.2 Å². The van der Waals surface area contributed by atoms with Crippen LogP contribution in [-0.2, 0) is 5.54 Å². The molecule has 1 aliphatic heterocycles. The molecule has 0 saturated heterocycles. The molecule has 0 saturated carbocycles. The van der Waals surface area contributed by atoms with E-state index in [4.69, 9.17) is 11.6 Å². The van der Waals surface area contributed by atoms with E-state index in [2.05, 4.69) is 17.2 Å². The van der Waals surface area contributed by atoms with Crippen molar-refractivity contribution in [2.24, 2.45) is 0 Å². The molecule has 4 heteroatoms. The molecule has 1 aromatic rings. The van der Waals surface area contributed by atoms with Crippen molar-refractivity contribution >= 4 is 17.5 Å². The van der Waals surface area contributed by atoms with Gasteiger partial charge in [-0.25, -0.2) is 0 Å². The van der Waals surface area contributed by atoms with Crippen LogP contribution in [0.25, 0.3) is 0 Å². The molecule has 3 nitrogen and oxygen atoms in total. The van der Waals surface area contributed by atoms with Crippen molar-refractivity contribution in [3.63, 3.8) is 0 Å². The number of carbonyl (C=O) groups is 1. The van der Waals surface area contributed by atoms with Crippen LogP contribution in [0.2, 0.25) is 5.02 Å². The number of hydrogen-bond acceptors (Lipinski definition) is 2. The van der Waals surface area contributed by atoms with E-state index in [0.29, 0.717) is 11.4 Å². The molecule has 18 heavy (non-hydrogen) atoms. The third kappa shape index (κ3) is 2.16. The van der Waals surface area contributed by atoms with Crippen LogP contribution in [0.1, 0.15) is 28.8 Å². The summed E-state index contributed by atoms with van der Waals surface area (Å²) < 4.78 is 0. The Morgan fingerprint density at radius 2 is 2.33 bits per heavy atom. The lowest BCUT2D eigenvalue weighted by atomic mass is 9.84. The fraction of sp³-hybridized carbons (Fsp3) is 0.357. The quantitative estimate of drug-likeness (QED) is 0.802. The molecule has 0 aromatic heterocycles. The molecule has 1 amide bonds. The van der Waals surface area contributed by atoms with Crippen LogP contribution in [0.4, 0.5) is 0 Å². The largest absolute Gasteiger partial charge is 0.342 e. The van der Waals surface area contributed by atoms with Gasteiger partial charge in [-0.1, -0.05) is 17.7 Å². The van der Waals surface area contributed by atoms with Crippen molar-refractivity contribution in [1.82, 2.24) is 10.6 Å². The van der Waals surface area contributed by atoms with E-state index in [9.17, 15) is 4.79 Å². The van der Waals surface area contributed by atoms with Crippen molar-refractivity contribution in [2.45, 2.75) is 18.4 Å². The second-order valence-electron chi connectivity index (χ2n) is 4.57. The van der Waals surface area contributed by atoms with Crippen molar-refractivity contribution in [1.29, 1.82) is 0 Å². The molecule has 1 aromatic carbocycles. The minimum Gasteiger partial charge on any atom is -0.342 e. The standard InChI is InChI=1S/C14H17ClN2O/c1-3-6-14(7-8-16-2)12-9-10(15)4-5-11(12)13(18)17-14/h3-5,9,16H,1,6-8H2,2H3,(H,17,18). The molecule has 1 unspecified atom stereocenters. The van der Waals surface area contributed by atoms with Crippen LogP contribution in [0.3, 0.4) is 0 Å². The first-order chi connectivity index (χ1) is 8.63. The molecular formula is C14H17ClN2O. The first-order valence-electron chi connectivity index (χ1n) is 6.01. The lowest BCUT2D eigenvalue weighted by Gasteiger charge is -2.29. The van der Waals surface area contributed by atoms with E-state index in [1.807, 2.05) is 19.2 Å². The smallest absolute Gasteiger partial charge is 0.252 e. The monoisotopic (exact) mass is 264 g/mol. The average molecular weight is 265 g/mol. The van der Waals surface area contributed by atoms with Gasteiger partial charge < -0.3 is 10.6 Å². The molecule has 0 radical (unpaired) electrons. The highest BCUT2D eigenvalue weighted by molar-refractivity contribution is 6.30. The van der Waals surface area contributed by atoms with Crippen LogP contribution < -0.4 is 10.6 Å². The van der Waals surface area contributed by atoms with Crippen LogP contribution in [0.15, 0.2) is 30.9 Å². The summed E-state index contributed by atoms with van der Waals surface area (Å²) in [6, 6.07) is 5.42. The maximum atomic E-state index is 12.0. The zero-order valence-corrected chi connectivity index (χ0v) is 11.2. The van der Waals surface area contributed by atoms with E-state index in [1.165, 1.54) is 0 Å². The number of rotatable bonds is 5. The van der Waals surface area contributed by atoms with Crippen LogP contribution in [-0.4, -0.2) is 19.5 Å². The van der Waals surface area contributed by atoms with Crippen LogP contribution in [0.5, 0.6) is 0 Å². The lowest BCUT2D eigenvalue weighted by molar-refractivity contribution is 0.0926. The number of halogens is 1. The third-order valence-corrected chi connectivity index (χ3v) is 3.62. The molecule has 1 aliphatic rings. The molecule has 0 bridgehead atoms. The van der Waals surface area contributed by atoms with Crippen LogP contribution >= 0.6 is 11.6 Å². The zero-order valence-electron chi connectivity index (χ0n) is 10.4. The highest BCUT2D eigenvalue weighted by Gasteiger charge is 2.41. The van der Waals surface area contributed by atoms with E-state index >= 15 is 0 Å². The number of fused-ring (bicyclic) bond motifs is 1. The Balaban J connectivity index is 2.47. The molecule has 0 fully saturated rings. The zero-order chi connectivity index (χ0) is 13.2. The molecular weight excluding hydrogens is 248 g/mol. The average Bonchev–Trinajstić information content (AvgIpc) is 2.61. The fourth-order valence-electron chi connectivity index (χ4n) is 2.51. The topological polar surface area (TPSA) is 41.1 Å². The second-order valence-corrected chi connectivity index (χ2v) is 5.01. The Morgan fingerprint density at radius 3 is 3.00 bits per heavy atom. The highest BCUT2D eigenvalue weighted by atomic mass is 35.5. The van der Waals surface area contributed by atoms with Crippen LogP contribution in [0, 0.1) is 0 Å². The SMILES string of the molecule is C=CCC1(CCNC)NC(=O)c2ccc(Cl)cc21. The first-order valence-corrected chi connectivity index (χ1v) is 6.39. The Morgan fingerprint density at radius 1 is 1.56 bits per heavy atom. The Bertz CT molecular complexity index is 487. The number of carbonyl (C=O) groups excluding carboxylic acids is 1. The van der Waals surface area contributed by atoms with Crippen molar-refractivity contribution in [3.05, 3.63) is 47.0 Å². The summed E-state index contributed by atoms with van der Waals surface area (Å²) in [4.78, 5) is 12.0. The van der Waals surface area contributed by atoms with Gasteiger partial charge in [-0.15, -0.1) is 6.58 Å². The summed E-state index contributed by atoms with van der Waals surface area (Å²) in [6.07, 6.45) is 3.36. The Kier molecular flexibility index (Phi) is 3.73. The van der Waals surface area contributed by atoms with Gasteiger partial charge in [-0.2, -0.15) is 0 Å². The summed E-state index contributed by atoms with van der Waals surface area (Å²) in [5, 5.41) is 6.86. The van der Waals surface area contributed by atoms with Crippen molar-refractivity contribution < 1.29 is 4.79 Å². The second kappa shape index (κ2) is 5.12. The number of nitrogens with one attached hydrogen (secondary N) is 2. The molecule has 2 rings (SSSR count). The number of benzene rings is 1. The molecule has 1 heterocycles. The predicted molar refractivity (Wildman–Crippen MR) is 74.0 cm³/mol. The van der Waals surface area contributed by atoms with Gasteiger partial charge in [0.05, 0.1) is 5.54 Å². The maximum Gasteiger partial charge on any atom is 0.252 e. The Hall–Kier alpha value is -1.32. The van der Waals surface area contributed by atoms with Crippen molar-refractivity contribution in [3.8, 4) is 0 Å². The normalized spacial score (nSPS) is 21.6. The first kappa shape index (κ1) is 13.1. The molecule has 1 atom stereocenters. The van der Waals surface area contributed by atoms with E-state index in [0.717, 1.165) is 24.1 Å². The van der Waals surface area contributed by atoms with E-state index in [1.54, 1.807) is 12.1 Å². The minimum absolute atomic E-state index is 0.0281. The van der Waals surface area contributed by atoms with Gasteiger partial charge >= 0.3 is 0 Å². The number of amides is 1. The van der Waals surface area contributed by atoms with Gasteiger partial charge in [0.15, 0.2) is 0 Å². The number of hydrogen-bond donors (Lipinski definition) is 2. The van der Waals surface area contributed by atoms with Gasteiger partial charge in [0, 0.05) is 10.6 Å². The highest BCUT2D eigenvalue weighted by Crippen LogP contribution is 2.38. The van der Waals surface area contributed by atoms with Gasteiger partial charge in [0.1, 0.15) is 0 Å². The molecule has 0 aliphatic carbocycles. The fourth-order valence-corrected chi connectivity index (χ4v) is 2.68. The summed E-state index contributed by atoms with van der Waals surface area (Å²) >= 11 is 6.05. The molecule has 2 N–H and O–H groups in total. The minimum atomic E-state index is -0.373. The summed E-state index contributed by atoms with van der Waals surface area (Å²) in [7, 11) is 1.90. The van der Waals surface area contributed by atoms with E-state index < -0.39 is 0 Å². The van der Waals surface area contributed by atoms with Gasteiger partial charge in [0.2, 0.25) is 0 Å². The lowest BCUT2D eigenvalue weighted by Crippen LogP contribution is -2.41. The summed E-state index contributed by atoms with van der Waals surface area (Å²) in [5.41, 5.74) is 1.33. The van der Waals surface area contributed by atoms with Gasteiger partial charge in [-0.3, -0.25) is 4.79 Å². The van der Waals surface area contributed by atoms with E-state index in [-0.39, 0.29) is 11.4 Å². The third-order valence-electron chi connectivity index (χ3n) is 3.39. The summed E-state index contributed by atoms with van der Waals surface area (Å²) in [5.74, 6) is -0.0281. The van der Waals surface area contributed by atoms with Gasteiger partial charge in [0.25, 0.3) is 5.91 Å². The predicted octanol–water partition coefficient (Wildman–Crippen LogP) is 2.46. The Labute approximate surface area is 112 Å².